The number of amides is 1. The number of imidazole rings is 1. The van der Waals surface area contributed by atoms with E-state index in [0.717, 1.165) is 82.9 Å². The first-order chi connectivity index (χ1) is 17.5. The van der Waals surface area contributed by atoms with Gasteiger partial charge in [-0.15, -0.1) is 11.3 Å². The molecule has 0 bridgehead atoms. The van der Waals surface area contributed by atoms with Gasteiger partial charge in [-0.3, -0.25) is 9.69 Å². The highest BCUT2D eigenvalue weighted by molar-refractivity contribution is 7.17. The zero-order valence-corrected chi connectivity index (χ0v) is 22.1. The number of ether oxygens (including phenoxy) is 1. The monoisotopic (exact) mass is 523 g/mol. The van der Waals surface area contributed by atoms with Gasteiger partial charge >= 0.3 is 0 Å². The van der Waals surface area contributed by atoms with E-state index in [4.69, 9.17) is 21.3 Å². The molecule has 2 aromatic carbocycles. The summed E-state index contributed by atoms with van der Waals surface area (Å²) in [5.41, 5.74) is 4.16. The Balaban J connectivity index is 1.08. The highest BCUT2D eigenvalue weighted by atomic mass is 35.5. The fourth-order valence-electron chi connectivity index (χ4n) is 4.59. The molecule has 4 aromatic rings. The Morgan fingerprint density at radius 3 is 2.78 bits per heavy atom. The Labute approximate surface area is 220 Å². The van der Waals surface area contributed by atoms with Gasteiger partial charge in [-0.25, -0.2) is 4.98 Å². The summed E-state index contributed by atoms with van der Waals surface area (Å²) in [4.78, 5) is 27.2. The molecule has 3 heterocycles. The Hall–Kier alpha value is -3.07. The summed E-state index contributed by atoms with van der Waals surface area (Å²) >= 11 is 7.66. The third-order valence-electron chi connectivity index (χ3n) is 6.57. The lowest BCUT2D eigenvalue weighted by Crippen LogP contribution is -2.47. The van der Waals surface area contributed by atoms with Gasteiger partial charge in [-0.05, 0) is 61.9 Å². The van der Waals surface area contributed by atoms with Crippen molar-refractivity contribution in [2.75, 3.05) is 51.3 Å². The van der Waals surface area contributed by atoms with Crippen molar-refractivity contribution in [3.63, 3.8) is 0 Å². The van der Waals surface area contributed by atoms with Gasteiger partial charge < -0.3 is 19.9 Å². The number of H-pyrrole nitrogens is 1. The Kier molecular flexibility index (Phi) is 7.46. The van der Waals surface area contributed by atoms with Gasteiger partial charge in [0.15, 0.2) is 0 Å². The van der Waals surface area contributed by atoms with Crippen LogP contribution in [0.5, 0.6) is 5.75 Å². The molecule has 9 heteroatoms. The topological polar surface area (TPSA) is 73.5 Å². The summed E-state index contributed by atoms with van der Waals surface area (Å²) in [5, 5.41) is 3.78. The molecule has 188 valence electrons. The van der Waals surface area contributed by atoms with E-state index in [0.29, 0.717) is 11.4 Å². The number of fused-ring (bicyclic) bond motifs is 1. The maximum atomic E-state index is 12.7. The number of piperazine rings is 1. The number of carbonyl (C=O) groups is 1. The fourth-order valence-corrected chi connectivity index (χ4v) is 5.63. The third-order valence-corrected chi connectivity index (χ3v) is 7.89. The Morgan fingerprint density at radius 2 is 2.00 bits per heavy atom. The second-order valence-corrected chi connectivity index (χ2v) is 10.5. The normalized spacial score (nSPS) is 14.4. The number of aromatic amines is 1. The largest absolute Gasteiger partial charge is 0.495 e. The van der Waals surface area contributed by atoms with Crippen LogP contribution < -0.4 is 15.0 Å². The van der Waals surface area contributed by atoms with Gasteiger partial charge in [0.25, 0.3) is 5.91 Å². The van der Waals surface area contributed by atoms with Crippen LogP contribution in [-0.4, -0.2) is 67.2 Å². The molecule has 1 fully saturated rings. The lowest BCUT2D eigenvalue weighted by molar-refractivity contribution is 0.0955. The van der Waals surface area contributed by atoms with Crippen LogP contribution in [0, 0.1) is 6.92 Å². The number of hydrogen-bond donors (Lipinski definition) is 2. The number of hydrogen-bond acceptors (Lipinski definition) is 6. The van der Waals surface area contributed by atoms with Crippen LogP contribution in [0.4, 0.5) is 5.69 Å². The van der Waals surface area contributed by atoms with Gasteiger partial charge in [0, 0.05) is 37.7 Å². The number of carbonyl (C=O) groups excluding carboxylic acids is 1. The molecular formula is C27H30ClN5O2S. The predicted molar refractivity (Wildman–Crippen MR) is 148 cm³/mol. The molecule has 1 aliphatic rings. The summed E-state index contributed by atoms with van der Waals surface area (Å²) in [6, 6.07) is 15.7. The molecule has 2 N–H and O–H groups in total. The van der Waals surface area contributed by atoms with E-state index in [2.05, 4.69) is 33.1 Å². The fraction of sp³-hybridized carbons (Fsp3) is 0.333. The highest BCUT2D eigenvalue weighted by Gasteiger charge is 2.20. The molecule has 0 saturated carbocycles. The number of aryl methyl sites for hydroxylation is 1. The average molecular weight is 524 g/mol. The number of thiophene rings is 1. The zero-order valence-electron chi connectivity index (χ0n) is 20.5. The summed E-state index contributed by atoms with van der Waals surface area (Å²) in [6.07, 6.45) is 0.910. The van der Waals surface area contributed by atoms with E-state index < -0.39 is 0 Å². The molecule has 7 nitrogen and oxygen atoms in total. The van der Waals surface area contributed by atoms with Crippen LogP contribution in [0.1, 0.15) is 21.7 Å². The van der Waals surface area contributed by atoms with Gasteiger partial charge in [0.2, 0.25) is 0 Å². The van der Waals surface area contributed by atoms with Gasteiger partial charge in [0.05, 0.1) is 33.6 Å². The number of methoxy groups -OCH3 is 1. The van der Waals surface area contributed by atoms with Crippen molar-refractivity contribution in [1.29, 1.82) is 0 Å². The van der Waals surface area contributed by atoms with Crippen LogP contribution >= 0.6 is 22.9 Å². The van der Waals surface area contributed by atoms with Crippen molar-refractivity contribution in [3.8, 4) is 16.5 Å². The second-order valence-electron chi connectivity index (χ2n) is 8.97. The number of para-hydroxylation sites is 1. The standard InChI is InChI=1S/C27H30ClN5O2S/c1-18-5-3-6-20-25(18)31-26(30-20)23-9-10-24(36-23)27(34)29-11-4-12-32-13-15-33(16-14-32)21-17-19(28)7-8-22(21)35-2/h3,5-10,17H,4,11-16H2,1-2H3,(H,29,34)(H,30,31). The maximum absolute atomic E-state index is 12.7. The first-order valence-corrected chi connectivity index (χ1v) is 13.4. The van der Waals surface area contributed by atoms with Crippen molar-refractivity contribution in [2.24, 2.45) is 0 Å². The summed E-state index contributed by atoms with van der Waals surface area (Å²) < 4.78 is 5.51. The summed E-state index contributed by atoms with van der Waals surface area (Å²) in [7, 11) is 1.69. The van der Waals surface area contributed by atoms with E-state index in [1.807, 2.05) is 42.5 Å². The molecule has 1 saturated heterocycles. The number of rotatable bonds is 8. The molecule has 0 radical (unpaired) electrons. The number of benzene rings is 2. The number of anilines is 1. The second kappa shape index (κ2) is 10.9. The number of aromatic nitrogens is 2. The number of nitrogens with zero attached hydrogens (tertiary/aromatic N) is 3. The lowest BCUT2D eigenvalue weighted by Gasteiger charge is -2.36. The van der Waals surface area contributed by atoms with E-state index >= 15 is 0 Å². The zero-order chi connectivity index (χ0) is 25.1. The van der Waals surface area contributed by atoms with Gasteiger partial charge in [-0.2, -0.15) is 0 Å². The molecule has 0 unspecified atom stereocenters. The van der Waals surface area contributed by atoms with Crippen molar-refractivity contribution < 1.29 is 9.53 Å². The number of halogens is 1. The van der Waals surface area contributed by atoms with E-state index in [1.165, 1.54) is 11.3 Å². The molecule has 2 aromatic heterocycles. The maximum Gasteiger partial charge on any atom is 0.261 e. The molecule has 1 amide bonds. The Morgan fingerprint density at radius 1 is 1.17 bits per heavy atom. The van der Waals surface area contributed by atoms with Crippen LogP contribution in [0.15, 0.2) is 48.5 Å². The molecule has 0 aliphatic carbocycles. The molecule has 0 spiro atoms. The molecule has 36 heavy (non-hydrogen) atoms. The van der Waals surface area contributed by atoms with Gasteiger partial charge in [0.1, 0.15) is 11.6 Å². The third kappa shape index (κ3) is 5.36. The minimum absolute atomic E-state index is 0.0311. The van der Waals surface area contributed by atoms with E-state index in [9.17, 15) is 4.79 Å². The average Bonchev–Trinajstić information content (AvgIpc) is 3.55. The van der Waals surface area contributed by atoms with Crippen molar-refractivity contribution in [3.05, 3.63) is 64.0 Å². The first-order valence-electron chi connectivity index (χ1n) is 12.2. The first kappa shape index (κ1) is 24.6. The molecular weight excluding hydrogens is 494 g/mol. The molecule has 0 atom stereocenters. The SMILES string of the molecule is COc1ccc(Cl)cc1N1CCN(CCCNC(=O)c2ccc(-c3nc4c(C)cccc4[nH]3)s2)CC1. The minimum atomic E-state index is -0.0311. The predicted octanol–water partition coefficient (Wildman–Crippen LogP) is 5.20. The molecule has 5 rings (SSSR count). The smallest absolute Gasteiger partial charge is 0.261 e. The van der Waals surface area contributed by atoms with Crippen LogP contribution in [0.3, 0.4) is 0 Å². The van der Waals surface area contributed by atoms with Crippen LogP contribution in [-0.2, 0) is 0 Å². The van der Waals surface area contributed by atoms with Crippen molar-refractivity contribution in [1.82, 2.24) is 20.2 Å². The summed E-state index contributed by atoms with van der Waals surface area (Å²) in [5.74, 6) is 1.62. The summed E-state index contributed by atoms with van der Waals surface area (Å²) in [6.45, 7) is 7.43. The quantitative estimate of drug-likeness (QED) is 0.310. The number of nitrogens with one attached hydrogen (secondary N) is 2. The lowest BCUT2D eigenvalue weighted by atomic mass is 10.2. The highest BCUT2D eigenvalue weighted by Crippen LogP contribution is 2.32. The van der Waals surface area contributed by atoms with Gasteiger partial charge in [-0.1, -0.05) is 23.7 Å². The minimum Gasteiger partial charge on any atom is -0.495 e. The van der Waals surface area contributed by atoms with Crippen molar-refractivity contribution >= 4 is 45.6 Å². The van der Waals surface area contributed by atoms with Crippen molar-refractivity contribution in [2.45, 2.75) is 13.3 Å². The molecule has 1 aliphatic heterocycles. The van der Waals surface area contributed by atoms with E-state index in [-0.39, 0.29) is 5.91 Å². The van der Waals surface area contributed by atoms with Crippen LogP contribution in [0.25, 0.3) is 21.7 Å². The Bertz CT molecular complexity index is 1360. The van der Waals surface area contributed by atoms with E-state index in [1.54, 1.807) is 7.11 Å². The van der Waals surface area contributed by atoms with Crippen LogP contribution in [0.2, 0.25) is 5.02 Å².